The summed E-state index contributed by atoms with van der Waals surface area (Å²) in [5.41, 5.74) is 2.16. The summed E-state index contributed by atoms with van der Waals surface area (Å²) in [5.74, 6) is 2.68. The monoisotopic (exact) mass is 235 g/mol. The topological polar surface area (TPSA) is 29.5 Å². The maximum absolute atomic E-state index is 12.0. The Bertz CT molecular complexity index is 723. The first kappa shape index (κ1) is 9.77. The standard InChI is InChI=1S/C14H10BNO2/c1-15-7-8-16-13-10(15)6-5-9-3-2-4-11(12(9)13)18-14(16)17/h2-8H,1H3. The van der Waals surface area contributed by atoms with Gasteiger partial charge < -0.3 is 4.74 Å². The van der Waals surface area contributed by atoms with E-state index in [2.05, 4.69) is 19.0 Å². The molecule has 0 fully saturated rings. The van der Waals surface area contributed by atoms with E-state index in [1.54, 1.807) is 4.90 Å². The van der Waals surface area contributed by atoms with Crippen molar-refractivity contribution >= 4 is 34.7 Å². The Morgan fingerprint density at radius 3 is 3.00 bits per heavy atom. The van der Waals surface area contributed by atoms with E-state index in [-0.39, 0.29) is 6.09 Å². The van der Waals surface area contributed by atoms with E-state index in [0.29, 0.717) is 12.5 Å². The fourth-order valence-electron chi connectivity index (χ4n) is 2.74. The van der Waals surface area contributed by atoms with Gasteiger partial charge >= 0.3 is 6.09 Å². The van der Waals surface area contributed by atoms with E-state index in [0.717, 1.165) is 16.5 Å². The molecule has 0 unspecified atom stereocenters. The molecule has 2 aliphatic rings. The zero-order chi connectivity index (χ0) is 12.3. The highest BCUT2D eigenvalue weighted by atomic mass is 16.6. The van der Waals surface area contributed by atoms with Crippen LogP contribution in [0.1, 0.15) is 0 Å². The average molecular weight is 235 g/mol. The van der Waals surface area contributed by atoms with Crippen LogP contribution in [0.2, 0.25) is 6.82 Å². The summed E-state index contributed by atoms with van der Waals surface area (Å²) in [5, 5.41) is 2.14. The van der Waals surface area contributed by atoms with Gasteiger partial charge in [-0.2, -0.15) is 0 Å². The molecule has 2 heterocycles. The second-order valence-electron chi connectivity index (χ2n) is 4.73. The second-order valence-corrected chi connectivity index (χ2v) is 4.73. The van der Waals surface area contributed by atoms with Crippen LogP contribution in [-0.2, 0) is 0 Å². The van der Waals surface area contributed by atoms with Crippen LogP contribution < -0.4 is 15.1 Å². The smallest absolute Gasteiger partial charge is 0.409 e. The zero-order valence-corrected chi connectivity index (χ0v) is 9.88. The molecule has 2 aromatic rings. The molecule has 4 rings (SSSR count). The number of amides is 1. The van der Waals surface area contributed by atoms with Crippen molar-refractivity contribution in [1.82, 2.24) is 0 Å². The van der Waals surface area contributed by atoms with Gasteiger partial charge in [-0.05, 0) is 11.5 Å². The Balaban J connectivity index is 2.20. The number of hydrogen-bond acceptors (Lipinski definition) is 2. The van der Waals surface area contributed by atoms with Crippen molar-refractivity contribution in [2.75, 3.05) is 4.90 Å². The summed E-state index contributed by atoms with van der Waals surface area (Å²) in [7, 11) is 0. The number of ether oxygens (including phenoxy) is 1. The lowest BCUT2D eigenvalue weighted by atomic mass is 9.45. The summed E-state index contributed by atoms with van der Waals surface area (Å²) in [6.45, 7) is 2.45. The predicted molar refractivity (Wildman–Crippen MR) is 72.8 cm³/mol. The number of benzene rings is 2. The molecule has 18 heavy (non-hydrogen) atoms. The van der Waals surface area contributed by atoms with Crippen LogP contribution in [0.5, 0.6) is 5.75 Å². The third-order valence-corrected chi connectivity index (χ3v) is 3.66. The van der Waals surface area contributed by atoms with Crippen LogP contribution >= 0.6 is 0 Å². The van der Waals surface area contributed by atoms with Crippen LogP contribution in [0.4, 0.5) is 10.5 Å². The highest BCUT2D eigenvalue weighted by Crippen LogP contribution is 2.39. The van der Waals surface area contributed by atoms with Gasteiger partial charge in [-0.25, -0.2) is 4.79 Å². The summed E-state index contributed by atoms with van der Waals surface area (Å²) in [4.78, 5) is 13.6. The van der Waals surface area contributed by atoms with Crippen LogP contribution in [0.3, 0.4) is 0 Å². The van der Waals surface area contributed by atoms with Gasteiger partial charge in [0.25, 0.3) is 0 Å². The van der Waals surface area contributed by atoms with Crippen molar-refractivity contribution in [3.8, 4) is 5.75 Å². The normalized spacial score (nSPS) is 16.2. The van der Waals surface area contributed by atoms with Crippen molar-refractivity contribution < 1.29 is 9.53 Å². The van der Waals surface area contributed by atoms with Crippen molar-refractivity contribution in [3.05, 3.63) is 42.5 Å². The van der Waals surface area contributed by atoms with Gasteiger partial charge in [-0.3, -0.25) is 4.90 Å². The minimum absolute atomic E-state index is 0.319. The molecular weight excluding hydrogens is 225 g/mol. The molecule has 2 aromatic carbocycles. The second kappa shape index (κ2) is 3.16. The Hall–Kier alpha value is -2.23. The number of rotatable bonds is 0. The Morgan fingerprint density at radius 1 is 1.22 bits per heavy atom. The Labute approximate surface area is 105 Å². The summed E-state index contributed by atoms with van der Waals surface area (Å²) in [6.07, 6.45) is 1.48. The van der Waals surface area contributed by atoms with Gasteiger partial charge in [0.1, 0.15) is 5.75 Å². The quantitative estimate of drug-likeness (QED) is 0.656. The molecule has 86 valence electrons. The molecular formula is C14H10BNO2. The van der Waals surface area contributed by atoms with E-state index in [1.807, 2.05) is 30.4 Å². The zero-order valence-electron chi connectivity index (χ0n) is 9.88. The Morgan fingerprint density at radius 2 is 2.11 bits per heavy atom. The van der Waals surface area contributed by atoms with Crippen LogP contribution in [0, 0.1) is 0 Å². The highest BCUT2D eigenvalue weighted by molar-refractivity contribution is 6.79. The van der Waals surface area contributed by atoms with E-state index in [9.17, 15) is 4.79 Å². The largest absolute Gasteiger partial charge is 0.423 e. The SMILES string of the molecule is CB1C=CN2C(=O)Oc3cccc4ccc1c2c34. The summed E-state index contributed by atoms with van der Waals surface area (Å²) in [6, 6.07) is 9.99. The van der Waals surface area contributed by atoms with Gasteiger partial charge in [0, 0.05) is 11.6 Å². The van der Waals surface area contributed by atoms with Crippen molar-refractivity contribution in [1.29, 1.82) is 0 Å². The summed E-state index contributed by atoms with van der Waals surface area (Å²) >= 11 is 0. The molecule has 0 aliphatic carbocycles. The minimum Gasteiger partial charge on any atom is -0.409 e. The molecule has 0 spiro atoms. The number of nitrogens with zero attached hydrogens (tertiary/aromatic N) is 1. The van der Waals surface area contributed by atoms with Crippen molar-refractivity contribution in [3.63, 3.8) is 0 Å². The first-order valence-electron chi connectivity index (χ1n) is 6.01. The van der Waals surface area contributed by atoms with E-state index in [1.165, 1.54) is 5.46 Å². The maximum atomic E-state index is 12.0. The number of carbonyl (C=O) groups is 1. The molecule has 0 radical (unpaired) electrons. The lowest BCUT2D eigenvalue weighted by molar-refractivity contribution is 0.209. The highest BCUT2D eigenvalue weighted by Gasteiger charge is 2.32. The fourth-order valence-corrected chi connectivity index (χ4v) is 2.74. The minimum atomic E-state index is -0.328. The predicted octanol–water partition coefficient (Wildman–Crippen LogP) is 2.56. The fraction of sp³-hybridized carbons (Fsp3) is 0.0714. The Kier molecular flexibility index (Phi) is 1.72. The number of hydrogen-bond donors (Lipinski definition) is 0. The average Bonchev–Trinajstić information content (AvgIpc) is 2.38. The third-order valence-electron chi connectivity index (χ3n) is 3.66. The van der Waals surface area contributed by atoms with Crippen LogP contribution in [0.25, 0.3) is 10.8 Å². The molecule has 3 nitrogen and oxygen atoms in total. The number of anilines is 1. The first-order valence-corrected chi connectivity index (χ1v) is 6.01. The lowest BCUT2D eigenvalue weighted by Crippen LogP contribution is -2.42. The van der Waals surface area contributed by atoms with E-state index >= 15 is 0 Å². The first-order chi connectivity index (χ1) is 8.75. The molecule has 2 aliphatic heterocycles. The summed E-state index contributed by atoms with van der Waals surface area (Å²) < 4.78 is 5.37. The molecule has 0 saturated carbocycles. The lowest BCUT2D eigenvalue weighted by Gasteiger charge is -2.31. The number of carbonyl (C=O) groups excluding carboxylic acids is 1. The van der Waals surface area contributed by atoms with E-state index < -0.39 is 0 Å². The van der Waals surface area contributed by atoms with Gasteiger partial charge in [0.05, 0.1) is 5.69 Å². The maximum Gasteiger partial charge on any atom is 0.423 e. The van der Waals surface area contributed by atoms with Crippen molar-refractivity contribution in [2.24, 2.45) is 0 Å². The van der Waals surface area contributed by atoms with Crippen LogP contribution in [0.15, 0.2) is 42.5 Å². The molecule has 4 heteroatoms. The molecule has 0 aromatic heterocycles. The molecule has 0 atom stereocenters. The molecule has 1 amide bonds. The molecule has 0 N–H and O–H groups in total. The molecule has 0 saturated heterocycles. The van der Waals surface area contributed by atoms with Gasteiger partial charge in [-0.1, -0.05) is 42.5 Å². The van der Waals surface area contributed by atoms with Crippen LogP contribution in [-0.4, -0.2) is 12.8 Å². The molecule has 0 bridgehead atoms. The van der Waals surface area contributed by atoms with E-state index in [4.69, 9.17) is 4.74 Å². The van der Waals surface area contributed by atoms with Gasteiger partial charge in [-0.15, -0.1) is 0 Å². The third kappa shape index (κ3) is 1.07. The van der Waals surface area contributed by atoms with Crippen molar-refractivity contribution in [2.45, 2.75) is 6.82 Å². The van der Waals surface area contributed by atoms with Gasteiger partial charge in [0.15, 0.2) is 0 Å². The van der Waals surface area contributed by atoms with Gasteiger partial charge in [0.2, 0.25) is 6.71 Å².